The highest BCUT2D eigenvalue weighted by molar-refractivity contribution is 6.01. The lowest BCUT2D eigenvalue weighted by atomic mass is 9.82. The van der Waals surface area contributed by atoms with Crippen molar-refractivity contribution in [2.24, 2.45) is 0 Å². The molecular formula is C44H34N2O. The number of nitrogens with zero attached hydrogens (tertiary/aromatic N) is 1. The summed E-state index contributed by atoms with van der Waals surface area (Å²) in [6.07, 6.45) is -0.223. The first-order chi connectivity index (χ1) is 23.0. The highest BCUT2D eigenvalue weighted by Gasteiger charge is 2.35. The van der Waals surface area contributed by atoms with Gasteiger partial charge in [-0.1, -0.05) is 129 Å². The maximum Gasteiger partial charge on any atom is 0.196 e. The first-order valence-corrected chi connectivity index (χ1v) is 16.3. The van der Waals surface area contributed by atoms with Crippen LogP contribution in [0.1, 0.15) is 36.8 Å². The predicted molar refractivity (Wildman–Crippen MR) is 195 cm³/mol. The molecule has 7 aromatic carbocycles. The normalized spacial score (nSPS) is 15.3. The summed E-state index contributed by atoms with van der Waals surface area (Å²) in [5.74, 6) is 0.873. The van der Waals surface area contributed by atoms with Crippen molar-refractivity contribution in [1.29, 1.82) is 0 Å². The van der Waals surface area contributed by atoms with E-state index < -0.39 is 0 Å². The molecule has 1 unspecified atom stereocenters. The van der Waals surface area contributed by atoms with Crippen LogP contribution in [0.3, 0.4) is 0 Å². The fourth-order valence-corrected chi connectivity index (χ4v) is 7.49. The van der Waals surface area contributed by atoms with Crippen LogP contribution in [0.5, 0.6) is 5.75 Å². The highest BCUT2D eigenvalue weighted by atomic mass is 16.5. The zero-order valence-electron chi connectivity index (χ0n) is 26.4. The van der Waals surface area contributed by atoms with E-state index in [9.17, 15) is 0 Å². The van der Waals surface area contributed by atoms with Crippen molar-refractivity contribution in [3.05, 3.63) is 174 Å². The van der Waals surface area contributed by atoms with Gasteiger partial charge in [-0.25, -0.2) is 0 Å². The standard InChI is InChI=1S/C44H34N2O/c1-44(2)39-19-10-9-18-36(39)38-28-35(23-24-40(38)44)46(33-17-11-16-32(26-33)29-12-5-3-6-13-29)34-22-20-30-21-25-41-42(37(30)27-34)45-43(47-41)31-14-7-4-8-15-31/h3-28,43,45H,1-2H3. The molecule has 1 atom stereocenters. The van der Waals surface area contributed by atoms with Gasteiger partial charge in [-0.05, 0) is 81.2 Å². The quantitative estimate of drug-likeness (QED) is 0.211. The maximum atomic E-state index is 6.41. The number of anilines is 4. The van der Waals surface area contributed by atoms with Crippen LogP contribution in [0.15, 0.2) is 158 Å². The van der Waals surface area contributed by atoms with Gasteiger partial charge in [-0.15, -0.1) is 0 Å². The van der Waals surface area contributed by atoms with Crippen LogP contribution in [0.25, 0.3) is 33.0 Å². The molecule has 0 fully saturated rings. The molecular weight excluding hydrogens is 572 g/mol. The molecule has 3 heteroatoms. The van der Waals surface area contributed by atoms with E-state index in [-0.39, 0.29) is 11.6 Å². The average molecular weight is 607 g/mol. The Hall–Kier alpha value is -5.80. The van der Waals surface area contributed by atoms with Gasteiger partial charge in [0.2, 0.25) is 0 Å². The maximum absolute atomic E-state index is 6.41. The molecule has 0 bridgehead atoms. The summed E-state index contributed by atoms with van der Waals surface area (Å²) in [4.78, 5) is 2.39. The molecule has 0 saturated carbocycles. The topological polar surface area (TPSA) is 24.5 Å². The highest BCUT2D eigenvalue weighted by Crippen LogP contribution is 2.51. The lowest BCUT2D eigenvalue weighted by Crippen LogP contribution is -2.15. The summed E-state index contributed by atoms with van der Waals surface area (Å²) in [5, 5.41) is 5.98. The van der Waals surface area contributed by atoms with Gasteiger partial charge in [-0.2, -0.15) is 0 Å². The summed E-state index contributed by atoms with van der Waals surface area (Å²) in [6, 6.07) is 56.7. The molecule has 3 nitrogen and oxygen atoms in total. The van der Waals surface area contributed by atoms with Crippen molar-refractivity contribution < 1.29 is 4.74 Å². The van der Waals surface area contributed by atoms with E-state index in [1.807, 2.05) is 6.07 Å². The molecule has 0 radical (unpaired) electrons. The average Bonchev–Trinajstić information content (AvgIpc) is 3.67. The van der Waals surface area contributed by atoms with E-state index in [1.165, 1.54) is 38.8 Å². The van der Waals surface area contributed by atoms with Gasteiger partial charge < -0.3 is 15.0 Å². The Balaban J connectivity index is 1.22. The summed E-state index contributed by atoms with van der Waals surface area (Å²) >= 11 is 0. The zero-order chi connectivity index (χ0) is 31.5. The minimum absolute atomic E-state index is 0.0486. The number of rotatable bonds is 5. The van der Waals surface area contributed by atoms with Gasteiger partial charge in [0, 0.05) is 33.4 Å². The molecule has 2 aliphatic rings. The molecule has 47 heavy (non-hydrogen) atoms. The first kappa shape index (κ1) is 27.5. The Morgan fingerprint density at radius 3 is 2.06 bits per heavy atom. The Morgan fingerprint density at radius 2 is 1.21 bits per heavy atom. The van der Waals surface area contributed by atoms with Crippen molar-refractivity contribution in [2.45, 2.75) is 25.5 Å². The second-order valence-corrected chi connectivity index (χ2v) is 13.0. The zero-order valence-corrected chi connectivity index (χ0v) is 26.4. The smallest absolute Gasteiger partial charge is 0.196 e. The molecule has 1 heterocycles. The largest absolute Gasteiger partial charge is 0.464 e. The molecule has 1 N–H and O–H groups in total. The number of hydrogen-bond donors (Lipinski definition) is 1. The SMILES string of the molecule is CC1(C)c2ccccc2-c2cc(N(c3cccc(-c4ccccc4)c3)c3ccc4ccc5c(c4c3)NC(c3ccccc3)O5)ccc21. The third-order valence-corrected chi connectivity index (χ3v) is 9.88. The molecule has 1 aliphatic heterocycles. The van der Waals surface area contributed by atoms with Gasteiger partial charge in [0.25, 0.3) is 0 Å². The number of benzene rings is 7. The lowest BCUT2D eigenvalue weighted by Gasteiger charge is -2.28. The van der Waals surface area contributed by atoms with Crippen molar-refractivity contribution in [1.82, 2.24) is 0 Å². The Bertz CT molecular complexity index is 2290. The summed E-state index contributed by atoms with van der Waals surface area (Å²) < 4.78 is 6.41. The van der Waals surface area contributed by atoms with Crippen LogP contribution in [-0.4, -0.2) is 0 Å². The van der Waals surface area contributed by atoms with Gasteiger partial charge in [0.05, 0.1) is 5.69 Å². The van der Waals surface area contributed by atoms with Crippen molar-refractivity contribution in [3.63, 3.8) is 0 Å². The van der Waals surface area contributed by atoms with Crippen LogP contribution < -0.4 is 15.0 Å². The van der Waals surface area contributed by atoms with Gasteiger partial charge in [0.15, 0.2) is 6.23 Å². The summed E-state index contributed by atoms with van der Waals surface area (Å²) in [6.45, 7) is 4.67. The predicted octanol–water partition coefficient (Wildman–Crippen LogP) is 11.8. The van der Waals surface area contributed by atoms with Crippen LogP contribution in [0.2, 0.25) is 0 Å². The molecule has 0 aromatic heterocycles. The van der Waals surface area contributed by atoms with E-state index >= 15 is 0 Å². The summed E-state index contributed by atoms with van der Waals surface area (Å²) in [7, 11) is 0. The van der Waals surface area contributed by atoms with Crippen molar-refractivity contribution >= 4 is 33.5 Å². The fraction of sp³-hybridized carbons (Fsp3) is 0.0909. The number of fused-ring (bicyclic) bond motifs is 6. The molecule has 226 valence electrons. The van der Waals surface area contributed by atoms with Gasteiger partial charge >= 0.3 is 0 Å². The minimum Gasteiger partial charge on any atom is -0.464 e. The molecule has 0 saturated heterocycles. The van der Waals surface area contributed by atoms with Crippen molar-refractivity contribution in [2.75, 3.05) is 10.2 Å². The first-order valence-electron chi connectivity index (χ1n) is 16.3. The van der Waals surface area contributed by atoms with E-state index in [2.05, 4.69) is 176 Å². The third kappa shape index (κ3) is 4.50. The molecule has 7 aromatic rings. The van der Waals surface area contributed by atoms with E-state index in [0.717, 1.165) is 39.4 Å². The Morgan fingerprint density at radius 1 is 0.553 bits per heavy atom. The van der Waals surface area contributed by atoms with Crippen LogP contribution in [-0.2, 0) is 5.41 Å². The number of nitrogens with one attached hydrogen (secondary N) is 1. The van der Waals surface area contributed by atoms with Gasteiger partial charge in [-0.3, -0.25) is 0 Å². The van der Waals surface area contributed by atoms with Crippen molar-refractivity contribution in [3.8, 4) is 28.0 Å². The number of hydrogen-bond acceptors (Lipinski definition) is 3. The van der Waals surface area contributed by atoms with Gasteiger partial charge in [0.1, 0.15) is 5.75 Å². The minimum atomic E-state index is -0.223. The lowest BCUT2D eigenvalue weighted by molar-refractivity contribution is 0.260. The van der Waals surface area contributed by atoms with E-state index in [4.69, 9.17) is 4.74 Å². The second-order valence-electron chi connectivity index (χ2n) is 13.0. The fourth-order valence-electron chi connectivity index (χ4n) is 7.49. The number of ether oxygens (including phenoxy) is 1. The molecule has 0 amide bonds. The monoisotopic (exact) mass is 606 g/mol. The molecule has 1 aliphatic carbocycles. The Kier molecular flexibility index (Phi) is 6.23. The van der Waals surface area contributed by atoms with E-state index in [1.54, 1.807) is 0 Å². The Labute approximate surface area is 275 Å². The van der Waals surface area contributed by atoms with E-state index in [0.29, 0.717) is 0 Å². The second kappa shape index (κ2) is 10.6. The van der Waals surface area contributed by atoms with Crippen LogP contribution in [0, 0.1) is 0 Å². The summed E-state index contributed by atoms with van der Waals surface area (Å²) in [5.41, 5.74) is 13.2. The molecule has 0 spiro atoms. The molecule has 9 rings (SSSR count). The van der Waals surface area contributed by atoms with Crippen LogP contribution >= 0.6 is 0 Å². The third-order valence-electron chi connectivity index (χ3n) is 9.88. The van der Waals surface area contributed by atoms with Crippen LogP contribution in [0.4, 0.5) is 22.7 Å².